The first-order valence-electron chi connectivity index (χ1n) is 18.9. The Morgan fingerprint density at radius 3 is 1.36 bits per heavy atom. The molecule has 262 valence electrons. The molecule has 0 radical (unpaired) electrons. The molecule has 0 aromatic carbocycles. The number of carbonyl (C=O) groups is 1. The van der Waals surface area contributed by atoms with Crippen molar-refractivity contribution in [1.29, 1.82) is 0 Å². The van der Waals surface area contributed by atoms with E-state index in [1.807, 2.05) is 0 Å². The fourth-order valence-electron chi connectivity index (χ4n) is 5.86. The van der Waals surface area contributed by atoms with E-state index in [1.165, 1.54) is 122 Å². The highest BCUT2D eigenvalue weighted by Gasteiger charge is 2.26. The largest absolute Gasteiger partial charge is 0.391 e. The van der Waals surface area contributed by atoms with Crippen LogP contribution in [0.25, 0.3) is 0 Å². The number of hydrogen-bond donors (Lipinski definition) is 3. The number of hydrogen-bond acceptors (Lipinski definition) is 4. The second-order valence-corrected chi connectivity index (χ2v) is 14.7. The normalized spacial score (nSPS) is 13.5. The van der Waals surface area contributed by atoms with Crippen LogP contribution in [0.2, 0.25) is 0 Å². The number of amides is 1. The summed E-state index contributed by atoms with van der Waals surface area (Å²) in [6, 6.07) is -0.970. The van der Waals surface area contributed by atoms with Gasteiger partial charge in [0.25, 0.3) is 10.1 Å². The molecule has 0 fully saturated rings. The molecule has 0 aromatic rings. The van der Waals surface area contributed by atoms with Crippen LogP contribution in [0, 0.1) is 0 Å². The molecule has 0 saturated carbocycles. The predicted octanol–water partition coefficient (Wildman–Crippen LogP) is 10.6. The van der Waals surface area contributed by atoms with Gasteiger partial charge in [-0.25, -0.2) is 0 Å². The quantitative estimate of drug-likeness (QED) is 0.0368. The molecule has 0 heterocycles. The highest BCUT2D eigenvalue weighted by Crippen LogP contribution is 2.16. The van der Waals surface area contributed by atoms with E-state index in [9.17, 15) is 22.9 Å². The van der Waals surface area contributed by atoms with Gasteiger partial charge in [-0.2, -0.15) is 8.42 Å². The van der Waals surface area contributed by atoms with Gasteiger partial charge in [0, 0.05) is 6.42 Å². The van der Waals surface area contributed by atoms with Crippen LogP contribution in [0.15, 0.2) is 12.2 Å². The van der Waals surface area contributed by atoms with Crippen molar-refractivity contribution in [3.8, 4) is 0 Å². The van der Waals surface area contributed by atoms with Crippen molar-refractivity contribution in [2.24, 2.45) is 0 Å². The zero-order valence-corrected chi connectivity index (χ0v) is 29.9. The van der Waals surface area contributed by atoms with E-state index < -0.39 is 28.0 Å². The van der Waals surface area contributed by atoms with E-state index in [-0.39, 0.29) is 5.91 Å². The number of aliphatic hydroxyl groups is 1. The summed E-state index contributed by atoms with van der Waals surface area (Å²) in [5.74, 6) is -0.902. The first-order valence-corrected chi connectivity index (χ1v) is 20.5. The Morgan fingerprint density at radius 1 is 0.591 bits per heavy atom. The Hall–Kier alpha value is -0.920. The van der Waals surface area contributed by atoms with E-state index in [0.29, 0.717) is 12.8 Å². The molecule has 3 N–H and O–H groups in total. The van der Waals surface area contributed by atoms with Crippen molar-refractivity contribution in [2.45, 2.75) is 212 Å². The van der Waals surface area contributed by atoms with Gasteiger partial charge in [-0.3, -0.25) is 9.35 Å². The zero-order chi connectivity index (χ0) is 32.6. The maximum atomic E-state index is 12.5. The monoisotopic (exact) mass is 644 g/mol. The minimum atomic E-state index is -4.30. The maximum Gasteiger partial charge on any atom is 0.266 e. The third-order valence-corrected chi connectivity index (χ3v) is 9.50. The summed E-state index contributed by atoms with van der Waals surface area (Å²) in [6.45, 7) is 4.50. The molecule has 2 unspecified atom stereocenters. The Kier molecular flexibility index (Phi) is 31.4. The number of unbranched alkanes of at least 4 members (excludes halogenated alkanes) is 24. The molecule has 0 aliphatic carbocycles. The fourth-order valence-corrected chi connectivity index (χ4v) is 6.62. The highest BCUT2D eigenvalue weighted by atomic mass is 32.2. The van der Waals surface area contributed by atoms with E-state index in [2.05, 4.69) is 31.3 Å². The van der Waals surface area contributed by atoms with Crippen molar-refractivity contribution in [2.75, 3.05) is 5.75 Å². The van der Waals surface area contributed by atoms with E-state index in [0.717, 1.165) is 51.4 Å². The standard InChI is InChI=1S/C37H73NO5S/c1-3-5-7-9-11-13-15-17-19-20-22-24-26-28-30-32-36(39)35(34-44(41,42)43)38-37(40)33-31-29-27-25-23-21-18-16-14-12-10-8-6-4-2/h16,18,35-36,39H,3-15,17,19-34H2,1-2H3,(H,38,40)(H,41,42,43)/b18-16-. The fraction of sp³-hybridized carbons (Fsp3) is 0.919. The highest BCUT2D eigenvalue weighted by molar-refractivity contribution is 7.85. The zero-order valence-electron chi connectivity index (χ0n) is 29.1. The van der Waals surface area contributed by atoms with Gasteiger partial charge >= 0.3 is 0 Å². The van der Waals surface area contributed by atoms with E-state index in [1.54, 1.807) is 0 Å². The van der Waals surface area contributed by atoms with Crippen molar-refractivity contribution in [3.63, 3.8) is 0 Å². The first kappa shape index (κ1) is 43.1. The third kappa shape index (κ3) is 32.5. The van der Waals surface area contributed by atoms with Crippen LogP contribution in [0.1, 0.15) is 200 Å². The minimum absolute atomic E-state index is 0.254. The Bertz CT molecular complexity index is 755. The number of nitrogens with one attached hydrogen (secondary N) is 1. The Labute approximate surface area is 273 Å². The number of rotatable bonds is 34. The Balaban J connectivity index is 3.91. The van der Waals surface area contributed by atoms with Crippen molar-refractivity contribution < 1.29 is 22.9 Å². The third-order valence-electron chi connectivity index (χ3n) is 8.72. The molecule has 0 spiro atoms. The summed E-state index contributed by atoms with van der Waals surface area (Å²) < 4.78 is 32.4. The van der Waals surface area contributed by atoms with Crippen LogP contribution in [-0.4, -0.2) is 41.9 Å². The van der Waals surface area contributed by atoms with Gasteiger partial charge < -0.3 is 10.4 Å². The molecule has 0 rings (SSSR count). The summed E-state index contributed by atoms with van der Waals surface area (Å²) in [4.78, 5) is 12.5. The number of carbonyl (C=O) groups excluding carboxylic acids is 1. The van der Waals surface area contributed by atoms with E-state index in [4.69, 9.17) is 0 Å². The first-order chi connectivity index (χ1) is 21.3. The lowest BCUT2D eigenvalue weighted by molar-refractivity contribution is -0.122. The molecular weight excluding hydrogens is 570 g/mol. The predicted molar refractivity (Wildman–Crippen MR) is 189 cm³/mol. The molecule has 0 aromatic heterocycles. The lowest BCUT2D eigenvalue weighted by Crippen LogP contribution is -2.47. The van der Waals surface area contributed by atoms with Crippen LogP contribution in [0.4, 0.5) is 0 Å². The van der Waals surface area contributed by atoms with Crippen molar-refractivity contribution in [1.82, 2.24) is 5.32 Å². The van der Waals surface area contributed by atoms with Gasteiger partial charge in [0.2, 0.25) is 5.91 Å². The second-order valence-electron chi connectivity index (χ2n) is 13.2. The summed E-state index contributed by atoms with van der Waals surface area (Å²) in [7, 11) is -4.30. The summed E-state index contributed by atoms with van der Waals surface area (Å²) >= 11 is 0. The molecule has 7 heteroatoms. The van der Waals surface area contributed by atoms with Crippen molar-refractivity contribution >= 4 is 16.0 Å². The van der Waals surface area contributed by atoms with Crippen LogP contribution in [-0.2, 0) is 14.9 Å². The molecule has 0 saturated heterocycles. The molecule has 0 aliphatic rings. The Morgan fingerprint density at radius 2 is 0.955 bits per heavy atom. The van der Waals surface area contributed by atoms with Crippen LogP contribution in [0.5, 0.6) is 0 Å². The van der Waals surface area contributed by atoms with Gasteiger partial charge in [0.05, 0.1) is 17.9 Å². The lowest BCUT2D eigenvalue weighted by Gasteiger charge is -2.23. The summed E-state index contributed by atoms with van der Waals surface area (Å²) in [5, 5.41) is 13.3. The molecular formula is C37H73NO5S. The number of aliphatic hydroxyl groups excluding tert-OH is 1. The van der Waals surface area contributed by atoms with Crippen LogP contribution < -0.4 is 5.32 Å². The summed E-state index contributed by atoms with van der Waals surface area (Å²) in [5.41, 5.74) is 0. The average Bonchev–Trinajstić information content (AvgIpc) is 2.98. The molecule has 44 heavy (non-hydrogen) atoms. The maximum absolute atomic E-state index is 12.5. The minimum Gasteiger partial charge on any atom is -0.391 e. The molecule has 0 bridgehead atoms. The van der Waals surface area contributed by atoms with Crippen molar-refractivity contribution in [3.05, 3.63) is 12.2 Å². The van der Waals surface area contributed by atoms with Gasteiger partial charge in [0.1, 0.15) is 0 Å². The SMILES string of the molecule is CCCCCCC/C=C\CCCCCCCC(=O)NC(CS(=O)(=O)O)C(O)CCCCCCCCCCCCCCCCC. The lowest BCUT2D eigenvalue weighted by atomic mass is 10.0. The molecule has 1 amide bonds. The number of allylic oxidation sites excluding steroid dienone is 2. The molecule has 0 aliphatic heterocycles. The van der Waals surface area contributed by atoms with Crippen LogP contribution in [0.3, 0.4) is 0 Å². The molecule has 6 nitrogen and oxygen atoms in total. The topological polar surface area (TPSA) is 104 Å². The van der Waals surface area contributed by atoms with E-state index >= 15 is 0 Å². The van der Waals surface area contributed by atoms with Crippen LogP contribution >= 0.6 is 0 Å². The smallest absolute Gasteiger partial charge is 0.266 e. The van der Waals surface area contributed by atoms with Gasteiger partial charge in [0.15, 0.2) is 0 Å². The average molecular weight is 644 g/mol. The van der Waals surface area contributed by atoms with Gasteiger partial charge in [-0.15, -0.1) is 0 Å². The van der Waals surface area contributed by atoms with Gasteiger partial charge in [-0.1, -0.05) is 167 Å². The summed E-state index contributed by atoms with van der Waals surface area (Å²) in [6.07, 6.45) is 37.2. The van der Waals surface area contributed by atoms with Gasteiger partial charge in [-0.05, 0) is 38.5 Å². The second kappa shape index (κ2) is 32.0. The molecule has 2 atom stereocenters.